The number of hydrogen-bond acceptors (Lipinski definition) is 2. The molecule has 0 aromatic carbocycles. The van der Waals surface area contributed by atoms with E-state index in [2.05, 4.69) is 35.9 Å². The summed E-state index contributed by atoms with van der Waals surface area (Å²) in [6, 6.07) is 0.750. The van der Waals surface area contributed by atoms with Gasteiger partial charge < -0.3 is 5.32 Å². The SMILES string of the molecule is CCNC(c1c(Cl)cnn1C(C)C)C1C2CCCC21. The van der Waals surface area contributed by atoms with Crippen molar-refractivity contribution in [3.05, 3.63) is 16.9 Å². The van der Waals surface area contributed by atoms with Crippen molar-refractivity contribution >= 4 is 11.6 Å². The van der Waals surface area contributed by atoms with Crippen LogP contribution in [0.2, 0.25) is 5.02 Å². The van der Waals surface area contributed by atoms with Gasteiger partial charge in [0.2, 0.25) is 0 Å². The Labute approximate surface area is 120 Å². The highest BCUT2D eigenvalue weighted by Gasteiger charge is 2.56. The Morgan fingerprint density at radius 1 is 1.42 bits per heavy atom. The summed E-state index contributed by atoms with van der Waals surface area (Å²) in [6.45, 7) is 7.50. The molecule has 3 rings (SSSR count). The van der Waals surface area contributed by atoms with Crippen molar-refractivity contribution in [1.82, 2.24) is 15.1 Å². The number of hydrogen-bond donors (Lipinski definition) is 1. The Bertz CT molecular complexity index is 444. The third-order valence-electron chi connectivity index (χ3n) is 4.85. The van der Waals surface area contributed by atoms with Crippen LogP contribution in [0.25, 0.3) is 0 Å². The van der Waals surface area contributed by atoms with Crippen LogP contribution < -0.4 is 5.32 Å². The molecule has 0 spiro atoms. The summed E-state index contributed by atoms with van der Waals surface area (Å²) in [6.07, 6.45) is 6.04. The molecule has 1 heterocycles. The molecule has 4 heteroatoms. The van der Waals surface area contributed by atoms with Crippen molar-refractivity contribution in [2.24, 2.45) is 17.8 Å². The molecule has 1 aromatic heterocycles. The highest BCUT2D eigenvalue weighted by molar-refractivity contribution is 6.31. The average molecular weight is 282 g/mol. The lowest BCUT2D eigenvalue weighted by atomic mass is 10.0. The Balaban J connectivity index is 1.90. The van der Waals surface area contributed by atoms with E-state index in [1.54, 1.807) is 6.20 Å². The van der Waals surface area contributed by atoms with Crippen molar-refractivity contribution in [2.75, 3.05) is 6.54 Å². The monoisotopic (exact) mass is 281 g/mol. The first-order valence-corrected chi connectivity index (χ1v) is 7.99. The molecule has 3 unspecified atom stereocenters. The van der Waals surface area contributed by atoms with E-state index < -0.39 is 0 Å². The van der Waals surface area contributed by atoms with Crippen molar-refractivity contribution in [2.45, 2.75) is 52.1 Å². The van der Waals surface area contributed by atoms with E-state index in [0.29, 0.717) is 12.1 Å². The number of fused-ring (bicyclic) bond motifs is 1. The van der Waals surface area contributed by atoms with Gasteiger partial charge in [0.15, 0.2) is 0 Å². The fourth-order valence-corrected chi connectivity index (χ4v) is 4.31. The maximum Gasteiger partial charge on any atom is 0.0834 e. The molecule has 19 heavy (non-hydrogen) atoms. The molecule has 106 valence electrons. The Kier molecular flexibility index (Phi) is 3.61. The molecule has 0 amide bonds. The predicted molar refractivity (Wildman–Crippen MR) is 78.4 cm³/mol. The van der Waals surface area contributed by atoms with E-state index in [-0.39, 0.29) is 0 Å². The minimum atomic E-state index is 0.363. The minimum absolute atomic E-state index is 0.363. The normalized spacial score (nSPS) is 30.7. The molecular formula is C15H24ClN3. The van der Waals surface area contributed by atoms with Gasteiger partial charge in [0, 0.05) is 6.04 Å². The fraction of sp³-hybridized carbons (Fsp3) is 0.800. The standard InChI is InChI=1S/C15H24ClN3/c1-4-17-14(13-10-6-5-7-11(10)13)15-12(16)8-18-19(15)9(2)3/h8-11,13-14,17H,4-7H2,1-3H3. The number of nitrogens with one attached hydrogen (secondary N) is 1. The summed E-state index contributed by atoms with van der Waals surface area (Å²) in [5, 5.41) is 8.96. The first-order chi connectivity index (χ1) is 9.15. The Morgan fingerprint density at radius 3 is 2.68 bits per heavy atom. The lowest BCUT2D eigenvalue weighted by molar-refractivity contribution is 0.383. The van der Waals surface area contributed by atoms with Crippen LogP contribution in [0.5, 0.6) is 0 Å². The lowest BCUT2D eigenvalue weighted by Crippen LogP contribution is -2.28. The molecule has 0 bridgehead atoms. The minimum Gasteiger partial charge on any atom is -0.309 e. The number of nitrogens with zero attached hydrogens (tertiary/aromatic N) is 2. The summed E-state index contributed by atoms with van der Waals surface area (Å²) in [7, 11) is 0. The second-order valence-corrected chi connectivity index (χ2v) is 6.69. The predicted octanol–water partition coefficient (Wildman–Crippen LogP) is 3.81. The maximum atomic E-state index is 6.42. The summed E-state index contributed by atoms with van der Waals surface area (Å²) >= 11 is 6.42. The van der Waals surface area contributed by atoms with Crippen LogP contribution >= 0.6 is 11.6 Å². The second kappa shape index (κ2) is 5.10. The molecule has 1 N–H and O–H groups in total. The van der Waals surface area contributed by atoms with Gasteiger partial charge in [-0.2, -0.15) is 5.10 Å². The summed E-state index contributed by atoms with van der Waals surface area (Å²) < 4.78 is 2.10. The van der Waals surface area contributed by atoms with Crippen molar-refractivity contribution < 1.29 is 0 Å². The number of aromatic nitrogens is 2. The zero-order valence-corrected chi connectivity index (χ0v) is 12.8. The summed E-state index contributed by atoms with van der Waals surface area (Å²) in [4.78, 5) is 0. The van der Waals surface area contributed by atoms with E-state index >= 15 is 0 Å². The van der Waals surface area contributed by atoms with Gasteiger partial charge in [0.05, 0.1) is 23.0 Å². The van der Waals surface area contributed by atoms with Gasteiger partial charge in [-0.15, -0.1) is 0 Å². The van der Waals surface area contributed by atoms with Gasteiger partial charge in [-0.25, -0.2) is 0 Å². The largest absolute Gasteiger partial charge is 0.309 e. The number of rotatable bonds is 5. The van der Waals surface area contributed by atoms with Gasteiger partial charge in [0.1, 0.15) is 0 Å². The maximum absolute atomic E-state index is 6.42. The van der Waals surface area contributed by atoms with Crippen LogP contribution in [0, 0.1) is 17.8 Å². The Morgan fingerprint density at radius 2 is 2.11 bits per heavy atom. The van der Waals surface area contributed by atoms with Gasteiger partial charge in [-0.3, -0.25) is 4.68 Å². The topological polar surface area (TPSA) is 29.9 Å². The molecule has 3 atom stereocenters. The van der Waals surface area contributed by atoms with Gasteiger partial charge in [0.25, 0.3) is 0 Å². The molecule has 0 saturated heterocycles. The van der Waals surface area contributed by atoms with Gasteiger partial charge in [-0.1, -0.05) is 24.9 Å². The molecule has 1 aromatic rings. The Hall–Kier alpha value is -0.540. The van der Waals surface area contributed by atoms with Crippen LogP contribution in [0.3, 0.4) is 0 Å². The van der Waals surface area contributed by atoms with Crippen LogP contribution in [-0.4, -0.2) is 16.3 Å². The van der Waals surface area contributed by atoms with Gasteiger partial charge >= 0.3 is 0 Å². The molecule has 3 nitrogen and oxygen atoms in total. The molecule has 2 saturated carbocycles. The second-order valence-electron chi connectivity index (χ2n) is 6.29. The zero-order valence-electron chi connectivity index (χ0n) is 12.1. The quantitative estimate of drug-likeness (QED) is 0.889. The van der Waals surface area contributed by atoms with E-state index in [4.69, 9.17) is 11.6 Å². The van der Waals surface area contributed by atoms with E-state index in [9.17, 15) is 0 Å². The van der Waals surface area contributed by atoms with E-state index in [0.717, 1.165) is 29.3 Å². The molecule has 0 radical (unpaired) electrons. The first kappa shape index (κ1) is 13.4. The molecule has 2 aliphatic carbocycles. The van der Waals surface area contributed by atoms with E-state index in [1.807, 2.05) is 0 Å². The molecular weight excluding hydrogens is 258 g/mol. The highest BCUT2D eigenvalue weighted by Crippen LogP contribution is 2.62. The highest BCUT2D eigenvalue weighted by atomic mass is 35.5. The summed E-state index contributed by atoms with van der Waals surface area (Å²) in [5.74, 6) is 2.63. The average Bonchev–Trinajstić information content (AvgIpc) is 2.76. The number of halogens is 1. The van der Waals surface area contributed by atoms with Crippen LogP contribution in [-0.2, 0) is 0 Å². The van der Waals surface area contributed by atoms with Crippen molar-refractivity contribution in [1.29, 1.82) is 0 Å². The van der Waals surface area contributed by atoms with Crippen LogP contribution in [0.4, 0.5) is 0 Å². The smallest absolute Gasteiger partial charge is 0.0834 e. The fourth-order valence-electron chi connectivity index (χ4n) is 4.06. The zero-order chi connectivity index (χ0) is 13.6. The van der Waals surface area contributed by atoms with E-state index in [1.165, 1.54) is 25.0 Å². The third-order valence-corrected chi connectivity index (χ3v) is 5.14. The van der Waals surface area contributed by atoms with Crippen LogP contribution in [0.1, 0.15) is 57.8 Å². The van der Waals surface area contributed by atoms with Crippen molar-refractivity contribution in [3.8, 4) is 0 Å². The molecule has 2 fully saturated rings. The summed E-state index contributed by atoms with van der Waals surface area (Å²) in [5.41, 5.74) is 1.21. The third kappa shape index (κ3) is 2.21. The lowest BCUT2D eigenvalue weighted by Gasteiger charge is -2.23. The molecule has 2 aliphatic rings. The molecule has 0 aliphatic heterocycles. The first-order valence-electron chi connectivity index (χ1n) is 7.61. The van der Waals surface area contributed by atoms with Crippen LogP contribution in [0.15, 0.2) is 6.20 Å². The van der Waals surface area contributed by atoms with Crippen molar-refractivity contribution in [3.63, 3.8) is 0 Å². The van der Waals surface area contributed by atoms with Gasteiger partial charge in [-0.05, 0) is 51.0 Å².